The molecule has 1 unspecified atom stereocenters. The van der Waals surface area contributed by atoms with E-state index in [-0.39, 0.29) is 10.8 Å². The number of thiophene rings is 1. The molecule has 5 nitrogen and oxygen atoms in total. The summed E-state index contributed by atoms with van der Waals surface area (Å²) in [7, 11) is -3.76. The van der Waals surface area contributed by atoms with E-state index in [9.17, 15) is 13.2 Å². The zero-order valence-corrected chi connectivity index (χ0v) is 14.6. The first-order valence-corrected chi connectivity index (χ1v) is 9.58. The Morgan fingerprint density at radius 2 is 1.91 bits per heavy atom. The highest BCUT2D eigenvalue weighted by atomic mass is 79.9. The Bertz CT molecular complexity index is 832. The van der Waals surface area contributed by atoms with E-state index in [1.54, 1.807) is 6.07 Å². The fraction of sp³-hybridized carbons (Fsp3) is 0.214. The fourth-order valence-electron chi connectivity index (χ4n) is 2.55. The van der Waals surface area contributed by atoms with Crippen LogP contribution in [-0.2, 0) is 27.8 Å². The molecule has 0 fully saturated rings. The summed E-state index contributed by atoms with van der Waals surface area (Å²) in [6.07, 6.45) is 0.303. The van der Waals surface area contributed by atoms with Gasteiger partial charge in [0.15, 0.2) is 0 Å². The minimum absolute atomic E-state index is 0.154. The lowest BCUT2D eigenvalue weighted by atomic mass is 9.96. The number of fused-ring (bicyclic) bond motifs is 1. The predicted molar refractivity (Wildman–Crippen MR) is 87.9 cm³/mol. The highest BCUT2D eigenvalue weighted by molar-refractivity contribution is 9.11. The molecule has 0 spiro atoms. The number of hydrogen-bond donors (Lipinski definition) is 1. The number of carbonyl (C=O) groups excluding carboxylic acids is 1. The number of sulfonamides is 1. The van der Waals surface area contributed by atoms with E-state index < -0.39 is 22.0 Å². The Balaban J connectivity index is 2.06. The highest BCUT2D eigenvalue weighted by Crippen LogP contribution is 2.33. The highest BCUT2D eigenvalue weighted by Gasteiger charge is 2.39. The molecule has 8 heteroatoms. The first kappa shape index (κ1) is 15.7. The third-order valence-electron chi connectivity index (χ3n) is 3.65. The third-order valence-corrected chi connectivity index (χ3v) is 7.59. The molecule has 1 aromatic heterocycles. The molecule has 2 N–H and O–H groups in total. The van der Waals surface area contributed by atoms with Crippen LogP contribution in [0.1, 0.15) is 11.1 Å². The van der Waals surface area contributed by atoms with Gasteiger partial charge < -0.3 is 5.73 Å². The second kappa shape index (κ2) is 5.77. The number of hydrogen-bond acceptors (Lipinski definition) is 4. The maximum Gasteiger partial charge on any atom is 0.253 e. The van der Waals surface area contributed by atoms with E-state index in [0.717, 1.165) is 26.3 Å². The van der Waals surface area contributed by atoms with Crippen LogP contribution in [0.4, 0.5) is 0 Å². The number of benzene rings is 1. The molecule has 116 valence electrons. The van der Waals surface area contributed by atoms with Gasteiger partial charge in [0.1, 0.15) is 10.3 Å². The molecular formula is C14H13BrN2O3S2. The van der Waals surface area contributed by atoms with Crippen LogP contribution in [0.3, 0.4) is 0 Å². The van der Waals surface area contributed by atoms with E-state index in [0.29, 0.717) is 6.42 Å². The maximum atomic E-state index is 12.8. The van der Waals surface area contributed by atoms with Crippen LogP contribution in [0.25, 0.3) is 0 Å². The zero-order chi connectivity index (χ0) is 15.9. The van der Waals surface area contributed by atoms with Crippen molar-refractivity contribution < 1.29 is 13.2 Å². The van der Waals surface area contributed by atoms with Gasteiger partial charge in [0.2, 0.25) is 5.91 Å². The summed E-state index contributed by atoms with van der Waals surface area (Å²) < 4.78 is 27.8. The van der Waals surface area contributed by atoms with Gasteiger partial charge in [-0.3, -0.25) is 4.79 Å². The van der Waals surface area contributed by atoms with Gasteiger partial charge in [0.25, 0.3) is 10.0 Å². The molecule has 22 heavy (non-hydrogen) atoms. The van der Waals surface area contributed by atoms with Crippen molar-refractivity contribution in [3.8, 4) is 0 Å². The van der Waals surface area contributed by atoms with Gasteiger partial charge in [-0.2, -0.15) is 4.31 Å². The number of rotatable bonds is 3. The summed E-state index contributed by atoms with van der Waals surface area (Å²) in [5.41, 5.74) is 7.31. The first-order valence-electron chi connectivity index (χ1n) is 6.53. The lowest BCUT2D eigenvalue weighted by Gasteiger charge is -2.33. The largest absolute Gasteiger partial charge is 0.368 e. The SMILES string of the molecule is NC(=O)C1Cc2ccccc2CN1S(=O)(=O)c1ccc(Br)s1. The fourth-order valence-corrected chi connectivity index (χ4v) is 6.26. The van der Waals surface area contributed by atoms with Crippen LogP contribution >= 0.6 is 27.3 Å². The predicted octanol–water partition coefficient (Wildman–Crippen LogP) is 2.11. The standard InChI is InChI=1S/C14H13BrN2O3S2/c15-12-5-6-13(21-12)22(19,20)17-8-10-4-2-1-3-9(10)7-11(17)14(16)18/h1-6,11H,7-8H2,(H2,16,18). The van der Waals surface area contributed by atoms with E-state index >= 15 is 0 Å². The Morgan fingerprint density at radius 1 is 1.23 bits per heavy atom. The topological polar surface area (TPSA) is 80.5 Å². The molecule has 0 bridgehead atoms. The van der Waals surface area contributed by atoms with Crippen molar-refractivity contribution in [1.29, 1.82) is 0 Å². The number of halogens is 1. The molecule has 1 aromatic carbocycles. The van der Waals surface area contributed by atoms with Gasteiger partial charge in [0.05, 0.1) is 3.79 Å². The van der Waals surface area contributed by atoms with Gasteiger partial charge in [-0.15, -0.1) is 11.3 Å². The Kier molecular flexibility index (Phi) is 4.11. The first-order chi connectivity index (χ1) is 10.4. The van der Waals surface area contributed by atoms with Gasteiger partial charge in [-0.25, -0.2) is 8.42 Å². The molecule has 1 atom stereocenters. The van der Waals surface area contributed by atoms with E-state index in [1.807, 2.05) is 24.3 Å². The lowest BCUT2D eigenvalue weighted by molar-refractivity contribution is -0.122. The van der Waals surface area contributed by atoms with Crippen molar-refractivity contribution in [2.45, 2.75) is 23.2 Å². The van der Waals surface area contributed by atoms with Crippen molar-refractivity contribution in [1.82, 2.24) is 4.31 Å². The van der Waals surface area contributed by atoms with Crippen LogP contribution < -0.4 is 5.73 Å². The molecule has 0 aliphatic carbocycles. The minimum atomic E-state index is -3.76. The van der Waals surface area contributed by atoms with E-state index in [2.05, 4.69) is 15.9 Å². The quantitative estimate of drug-likeness (QED) is 0.856. The van der Waals surface area contributed by atoms with Crippen molar-refractivity contribution in [2.75, 3.05) is 0 Å². The molecule has 1 amide bonds. The van der Waals surface area contributed by atoms with Crippen molar-refractivity contribution >= 4 is 43.2 Å². The lowest BCUT2D eigenvalue weighted by Crippen LogP contribution is -2.50. The van der Waals surface area contributed by atoms with Crippen molar-refractivity contribution in [2.24, 2.45) is 5.73 Å². The number of primary amides is 1. The van der Waals surface area contributed by atoms with Crippen LogP contribution in [0.15, 0.2) is 44.4 Å². The average molecular weight is 401 g/mol. The van der Waals surface area contributed by atoms with Gasteiger partial charge in [-0.05, 0) is 45.6 Å². The summed E-state index contributed by atoms with van der Waals surface area (Å²) in [6, 6.07) is 9.85. The Labute approximate surface area is 140 Å². The smallest absolute Gasteiger partial charge is 0.253 e. The van der Waals surface area contributed by atoms with Crippen molar-refractivity contribution in [3.05, 3.63) is 51.3 Å². The molecule has 1 aliphatic heterocycles. The second-order valence-electron chi connectivity index (χ2n) is 5.00. The normalized spacial score (nSPS) is 18.9. The molecule has 0 saturated heterocycles. The molecule has 3 rings (SSSR count). The number of nitrogens with zero attached hydrogens (tertiary/aromatic N) is 1. The van der Waals surface area contributed by atoms with E-state index in [1.165, 1.54) is 10.4 Å². The Hall–Kier alpha value is -1.22. The van der Waals surface area contributed by atoms with Gasteiger partial charge in [0, 0.05) is 6.54 Å². The van der Waals surface area contributed by atoms with E-state index in [4.69, 9.17) is 5.73 Å². The molecule has 0 saturated carbocycles. The summed E-state index contributed by atoms with van der Waals surface area (Å²) in [5.74, 6) is -0.631. The summed E-state index contributed by atoms with van der Waals surface area (Å²) >= 11 is 4.38. The third kappa shape index (κ3) is 2.71. The van der Waals surface area contributed by atoms with Gasteiger partial charge in [-0.1, -0.05) is 24.3 Å². The molecule has 1 aliphatic rings. The summed E-state index contributed by atoms with van der Waals surface area (Å²) in [6.45, 7) is 0.154. The van der Waals surface area contributed by atoms with Crippen LogP contribution in [-0.4, -0.2) is 24.7 Å². The number of carbonyl (C=O) groups is 1. The second-order valence-corrected chi connectivity index (χ2v) is 9.58. The summed E-state index contributed by atoms with van der Waals surface area (Å²) in [4.78, 5) is 11.8. The minimum Gasteiger partial charge on any atom is -0.368 e. The van der Waals surface area contributed by atoms with Crippen molar-refractivity contribution in [3.63, 3.8) is 0 Å². The molecular weight excluding hydrogens is 388 g/mol. The van der Waals surface area contributed by atoms with Crippen LogP contribution in [0, 0.1) is 0 Å². The van der Waals surface area contributed by atoms with Gasteiger partial charge >= 0.3 is 0 Å². The monoisotopic (exact) mass is 400 g/mol. The molecule has 2 aromatic rings. The number of nitrogens with two attached hydrogens (primary N) is 1. The zero-order valence-electron chi connectivity index (χ0n) is 11.4. The number of amides is 1. The molecule has 0 radical (unpaired) electrons. The van der Waals surface area contributed by atoms with Crippen LogP contribution in [0.2, 0.25) is 0 Å². The maximum absolute atomic E-state index is 12.8. The average Bonchev–Trinajstić information content (AvgIpc) is 2.93. The van der Waals surface area contributed by atoms with Crippen LogP contribution in [0.5, 0.6) is 0 Å². The summed E-state index contributed by atoms with van der Waals surface area (Å²) in [5, 5.41) is 0. The molecule has 2 heterocycles. The Morgan fingerprint density at radius 3 is 2.50 bits per heavy atom.